The predicted octanol–water partition coefficient (Wildman–Crippen LogP) is 3.27. The molecule has 0 aromatic heterocycles. The fourth-order valence-corrected chi connectivity index (χ4v) is 3.51. The third kappa shape index (κ3) is 3.43. The summed E-state index contributed by atoms with van der Waals surface area (Å²) in [5.41, 5.74) is 3.75. The summed E-state index contributed by atoms with van der Waals surface area (Å²) in [6.45, 7) is 2.18. The smallest absolute Gasteiger partial charge is 0.303 e. The Bertz CT molecular complexity index is 969. The highest BCUT2D eigenvalue weighted by atomic mass is 16.7. The van der Waals surface area contributed by atoms with Crippen LogP contribution in [-0.2, 0) is 9.59 Å². The third-order valence-electron chi connectivity index (χ3n) is 4.96. The zero-order valence-electron chi connectivity index (χ0n) is 15.4. The Morgan fingerprint density at radius 3 is 2.71 bits per heavy atom. The number of carboxylic acids is 1. The van der Waals surface area contributed by atoms with Crippen LogP contribution in [-0.4, -0.2) is 34.5 Å². The molecule has 2 heterocycles. The second-order valence-corrected chi connectivity index (χ2v) is 6.83. The van der Waals surface area contributed by atoms with Crippen molar-refractivity contribution in [1.29, 1.82) is 0 Å². The number of benzene rings is 2. The number of fused-ring (bicyclic) bond motifs is 1. The van der Waals surface area contributed by atoms with Gasteiger partial charge in [-0.1, -0.05) is 30.3 Å². The van der Waals surface area contributed by atoms with Crippen molar-refractivity contribution in [2.75, 3.05) is 6.79 Å². The molecular formula is C21H20N2O5. The topological polar surface area (TPSA) is 88.4 Å². The van der Waals surface area contributed by atoms with Gasteiger partial charge in [-0.15, -0.1) is 0 Å². The van der Waals surface area contributed by atoms with E-state index in [0.29, 0.717) is 17.9 Å². The Labute approximate surface area is 162 Å². The van der Waals surface area contributed by atoms with Gasteiger partial charge in [0.1, 0.15) is 0 Å². The van der Waals surface area contributed by atoms with E-state index in [9.17, 15) is 9.59 Å². The van der Waals surface area contributed by atoms with Crippen molar-refractivity contribution in [3.8, 4) is 11.5 Å². The van der Waals surface area contributed by atoms with Crippen LogP contribution in [0, 0.1) is 6.92 Å². The maximum atomic E-state index is 12.7. The maximum absolute atomic E-state index is 12.7. The molecule has 0 saturated carbocycles. The third-order valence-corrected chi connectivity index (χ3v) is 4.96. The molecule has 2 aliphatic rings. The van der Waals surface area contributed by atoms with Crippen LogP contribution in [0.4, 0.5) is 0 Å². The number of carbonyl (C=O) groups is 2. The number of ether oxygens (including phenoxy) is 2. The van der Waals surface area contributed by atoms with Crippen molar-refractivity contribution in [3.05, 3.63) is 59.2 Å². The van der Waals surface area contributed by atoms with E-state index in [4.69, 9.17) is 14.6 Å². The Kier molecular flexibility index (Phi) is 4.73. The highest BCUT2D eigenvalue weighted by Gasteiger charge is 2.34. The Balaban J connectivity index is 1.67. The average Bonchev–Trinajstić information content (AvgIpc) is 3.32. The highest BCUT2D eigenvalue weighted by Crippen LogP contribution is 2.39. The molecule has 0 bridgehead atoms. The number of nitrogens with zero attached hydrogens (tertiary/aromatic N) is 2. The lowest BCUT2D eigenvalue weighted by Gasteiger charge is -2.22. The Morgan fingerprint density at radius 2 is 1.93 bits per heavy atom. The fourth-order valence-electron chi connectivity index (χ4n) is 3.51. The molecule has 1 N–H and O–H groups in total. The summed E-state index contributed by atoms with van der Waals surface area (Å²) in [7, 11) is 0. The van der Waals surface area contributed by atoms with Crippen LogP contribution in [0.3, 0.4) is 0 Å². The number of rotatable bonds is 5. The highest BCUT2D eigenvalue weighted by molar-refractivity contribution is 6.04. The van der Waals surface area contributed by atoms with E-state index in [1.807, 2.05) is 49.4 Å². The van der Waals surface area contributed by atoms with Crippen LogP contribution >= 0.6 is 0 Å². The van der Waals surface area contributed by atoms with E-state index < -0.39 is 5.97 Å². The first-order valence-corrected chi connectivity index (χ1v) is 9.10. The summed E-state index contributed by atoms with van der Waals surface area (Å²) in [6, 6.07) is 13.1. The Hall–Kier alpha value is -3.35. The van der Waals surface area contributed by atoms with Gasteiger partial charge in [0, 0.05) is 18.4 Å². The molecule has 0 saturated heterocycles. The number of hydrogen-bond acceptors (Lipinski definition) is 5. The van der Waals surface area contributed by atoms with Gasteiger partial charge in [0.15, 0.2) is 11.5 Å². The van der Waals surface area contributed by atoms with E-state index in [-0.39, 0.29) is 31.6 Å². The number of carboxylic acid groups (broad SMARTS) is 1. The minimum absolute atomic E-state index is 0.0963. The summed E-state index contributed by atoms with van der Waals surface area (Å²) < 4.78 is 10.8. The SMILES string of the molecule is Cc1ccccc1C1=NN(C(=O)CCC(=O)O)C(c2ccc3c(c2)OCO3)C1. The number of aryl methyl sites for hydroxylation is 1. The van der Waals surface area contributed by atoms with Crippen molar-refractivity contribution in [2.45, 2.75) is 32.2 Å². The minimum atomic E-state index is -1.00. The lowest BCUT2D eigenvalue weighted by molar-refractivity contribution is -0.141. The van der Waals surface area contributed by atoms with Gasteiger partial charge < -0.3 is 14.6 Å². The van der Waals surface area contributed by atoms with Gasteiger partial charge in [-0.2, -0.15) is 5.10 Å². The summed E-state index contributed by atoms with van der Waals surface area (Å²) in [4.78, 5) is 23.6. The fraction of sp³-hybridized carbons (Fsp3) is 0.286. The van der Waals surface area contributed by atoms with E-state index in [2.05, 4.69) is 5.10 Å². The number of carbonyl (C=O) groups excluding carboxylic acids is 1. The molecule has 1 amide bonds. The summed E-state index contributed by atoms with van der Waals surface area (Å²) in [5.74, 6) is -0.00532. The second-order valence-electron chi connectivity index (χ2n) is 6.83. The van der Waals surface area contributed by atoms with E-state index in [1.54, 1.807) is 0 Å². The van der Waals surface area contributed by atoms with Gasteiger partial charge in [-0.3, -0.25) is 9.59 Å². The van der Waals surface area contributed by atoms with Crippen LogP contribution in [0.2, 0.25) is 0 Å². The van der Waals surface area contributed by atoms with Gasteiger partial charge in [-0.05, 0) is 30.2 Å². The normalized spacial score (nSPS) is 17.5. The number of amides is 1. The molecule has 1 atom stereocenters. The average molecular weight is 380 g/mol. The standard InChI is InChI=1S/C21H20N2O5/c1-13-4-2-3-5-15(13)16-11-17(23(22-16)20(24)8-9-21(25)26)14-6-7-18-19(10-14)28-12-27-18/h2-7,10,17H,8-9,11-12H2,1H3,(H,25,26). The first-order chi connectivity index (χ1) is 13.5. The number of aliphatic carboxylic acids is 1. The maximum Gasteiger partial charge on any atom is 0.303 e. The number of hydrogen-bond donors (Lipinski definition) is 1. The van der Waals surface area contributed by atoms with E-state index >= 15 is 0 Å². The van der Waals surface area contributed by atoms with Crippen LogP contribution in [0.5, 0.6) is 11.5 Å². The molecule has 4 rings (SSSR count). The summed E-state index contributed by atoms with van der Waals surface area (Å²) in [6.07, 6.45) is 0.225. The predicted molar refractivity (Wildman–Crippen MR) is 101 cm³/mol. The van der Waals surface area contributed by atoms with Crippen LogP contribution < -0.4 is 9.47 Å². The molecule has 2 aromatic carbocycles. The van der Waals surface area contributed by atoms with Crippen LogP contribution in [0.1, 0.15) is 42.0 Å². The van der Waals surface area contributed by atoms with E-state index in [1.165, 1.54) is 5.01 Å². The summed E-state index contributed by atoms with van der Waals surface area (Å²) >= 11 is 0. The van der Waals surface area contributed by atoms with Crippen LogP contribution in [0.15, 0.2) is 47.6 Å². The first kappa shape index (κ1) is 18.0. The van der Waals surface area contributed by atoms with Crippen molar-refractivity contribution in [2.24, 2.45) is 5.10 Å². The zero-order chi connectivity index (χ0) is 19.7. The zero-order valence-corrected chi connectivity index (χ0v) is 15.4. The number of hydrazone groups is 1. The minimum Gasteiger partial charge on any atom is -0.481 e. The molecule has 2 aromatic rings. The van der Waals surface area contributed by atoms with Gasteiger partial charge in [0.25, 0.3) is 0 Å². The molecule has 0 fully saturated rings. The monoisotopic (exact) mass is 380 g/mol. The molecule has 0 aliphatic carbocycles. The molecule has 0 spiro atoms. The van der Waals surface area contributed by atoms with Gasteiger partial charge in [-0.25, -0.2) is 5.01 Å². The lowest BCUT2D eigenvalue weighted by Crippen LogP contribution is -2.27. The Morgan fingerprint density at radius 1 is 1.14 bits per heavy atom. The first-order valence-electron chi connectivity index (χ1n) is 9.10. The molecule has 144 valence electrons. The van der Waals surface area contributed by atoms with Crippen molar-refractivity contribution in [1.82, 2.24) is 5.01 Å². The molecule has 0 radical (unpaired) electrons. The molecular weight excluding hydrogens is 360 g/mol. The quantitative estimate of drug-likeness (QED) is 0.860. The molecule has 2 aliphatic heterocycles. The van der Waals surface area contributed by atoms with Crippen molar-refractivity contribution >= 4 is 17.6 Å². The lowest BCUT2D eigenvalue weighted by atomic mass is 9.96. The second kappa shape index (κ2) is 7.34. The van der Waals surface area contributed by atoms with Gasteiger partial charge in [0.05, 0.1) is 18.2 Å². The largest absolute Gasteiger partial charge is 0.481 e. The van der Waals surface area contributed by atoms with Crippen molar-refractivity contribution in [3.63, 3.8) is 0 Å². The summed E-state index contributed by atoms with van der Waals surface area (Å²) in [5, 5.41) is 14.9. The molecule has 1 unspecified atom stereocenters. The molecule has 28 heavy (non-hydrogen) atoms. The van der Waals surface area contributed by atoms with Crippen LogP contribution in [0.25, 0.3) is 0 Å². The van der Waals surface area contributed by atoms with Crippen molar-refractivity contribution < 1.29 is 24.2 Å². The van der Waals surface area contributed by atoms with Gasteiger partial charge >= 0.3 is 5.97 Å². The van der Waals surface area contributed by atoms with E-state index in [0.717, 1.165) is 22.4 Å². The molecule has 7 heteroatoms. The molecule has 7 nitrogen and oxygen atoms in total. The van der Waals surface area contributed by atoms with Gasteiger partial charge in [0.2, 0.25) is 12.7 Å².